The second-order valence-electron chi connectivity index (χ2n) is 5.31. The molecule has 1 unspecified atom stereocenters. The first-order valence-corrected chi connectivity index (χ1v) is 6.84. The maximum absolute atomic E-state index is 9.27. The number of nitrogens with one attached hydrogen (secondary N) is 1. The molecule has 1 aliphatic carbocycles. The number of anilines is 1. The minimum Gasteiger partial charge on any atom is -0.366 e. The van der Waals surface area contributed by atoms with Crippen LogP contribution in [-0.4, -0.2) is 11.0 Å². The Morgan fingerprint density at radius 1 is 1.37 bits per heavy atom. The van der Waals surface area contributed by atoms with E-state index in [1.165, 1.54) is 19.3 Å². The monoisotopic (exact) mass is 251 g/mol. The molecule has 1 aromatic carbocycles. The van der Waals surface area contributed by atoms with Crippen LogP contribution in [-0.2, 0) is 0 Å². The number of rotatable bonds is 3. The second-order valence-corrected chi connectivity index (χ2v) is 5.31. The van der Waals surface area contributed by atoms with Gasteiger partial charge in [0.05, 0.1) is 11.1 Å². The largest absolute Gasteiger partial charge is 0.366 e. The highest BCUT2D eigenvalue weighted by Crippen LogP contribution is 2.31. The molecule has 1 aromatic heterocycles. The van der Waals surface area contributed by atoms with Crippen molar-refractivity contribution in [1.82, 2.24) is 4.98 Å². The molecule has 0 bridgehead atoms. The Kier molecular flexibility index (Phi) is 3.08. The summed E-state index contributed by atoms with van der Waals surface area (Å²) in [5, 5.41) is 13.7. The predicted octanol–water partition coefficient (Wildman–Crippen LogP) is 3.71. The molecule has 1 N–H and O–H groups in total. The van der Waals surface area contributed by atoms with E-state index in [-0.39, 0.29) is 0 Å². The van der Waals surface area contributed by atoms with Gasteiger partial charge in [-0.1, -0.05) is 24.6 Å². The van der Waals surface area contributed by atoms with Gasteiger partial charge in [-0.15, -0.1) is 0 Å². The minimum atomic E-state index is 0.384. The maximum atomic E-state index is 9.27. The van der Waals surface area contributed by atoms with Crippen LogP contribution < -0.4 is 5.32 Å². The molecule has 3 rings (SSSR count). The van der Waals surface area contributed by atoms with E-state index in [0.717, 1.165) is 22.6 Å². The van der Waals surface area contributed by atoms with E-state index in [9.17, 15) is 5.26 Å². The molecule has 0 saturated heterocycles. The van der Waals surface area contributed by atoms with Crippen LogP contribution in [0.5, 0.6) is 0 Å². The van der Waals surface area contributed by atoms with E-state index < -0.39 is 0 Å². The summed E-state index contributed by atoms with van der Waals surface area (Å²) in [6, 6.07) is 12.5. The van der Waals surface area contributed by atoms with E-state index in [4.69, 9.17) is 0 Å². The van der Waals surface area contributed by atoms with Gasteiger partial charge in [-0.3, -0.25) is 0 Å². The zero-order valence-corrected chi connectivity index (χ0v) is 11.1. The molecule has 0 amide bonds. The highest BCUT2D eigenvalue weighted by atomic mass is 15.0. The normalized spacial score (nSPS) is 16.6. The van der Waals surface area contributed by atoms with Gasteiger partial charge < -0.3 is 5.32 Å². The molecule has 3 heteroatoms. The van der Waals surface area contributed by atoms with Crippen LogP contribution in [0.3, 0.4) is 0 Å². The fraction of sp³-hybridized carbons (Fsp3) is 0.375. The molecule has 0 aliphatic heterocycles. The molecular weight excluding hydrogens is 234 g/mol. The molecule has 1 heterocycles. The number of pyridine rings is 1. The van der Waals surface area contributed by atoms with Crippen molar-refractivity contribution in [1.29, 1.82) is 5.26 Å². The highest BCUT2D eigenvalue weighted by molar-refractivity contribution is 5.82. The second kappa shape index (κ2) is 4.89. The number of nitrogens with zero attached hydrogens (tertiary/aromatic N) is 2. The lowest BCUT2D eigenvalue weighted by Crippen LogP contribution is -2.31. The summed E-state index contributed by atoms with van der Waals surface area (Å²) in [5.74, 6) is 1.44. The topological polar surface area (TPSA) is 48.7 Å². The van der Waals surface area contributed by atoms with Gasteiger partial charge in [0.15, 0.2) is 0 Å². The molecule has 1 atom stereocenters. The van der Waals surface area contributed by atoms with Crippen molar-refractivity contribution in [3.8, 4) is 6.07 Å². The first-order valence-electron chi connectivity index (χ1n) is 6.84. The zero-order chi connectivity index (χ0) is 13.2. The lowest BCUT2D eigenvalue weighted by molar-refractivity contribution is 0.285. The number of hydrogen-bond acceptors (Lipinski definition) is 3. The molecule has 19 heavy (non-hydrogen) atoms. The fourth-order valence-electron chi connectivity index (χ4n) is 2.58. The number of para-hydroxylation sites is 1. The van der Waals surface area contributed by atoms with Crippen LogP contribution in [0.4, 0.5) is 5.82 Å². The van der Waals surface area contributed by atoms with Crippen molar-refractivity contribution >= 4 is 16.7 Å². The van der Waals surface area contributed by atoms with E-state index >= 15 is 0 Å². The Hall–Kier alpha value is -2.08. The van der Waals surface area contributed by atoms with Gasteiger partial charge in [-0.2, -0.15) is 5.26 Å². The van der Waals surface area contributed by atoms with Crippen molar-refractivity contribution in [3.63, 3.8) is 0 Å². The van der Waals surface area contributed by atoms with Gasteiger partial charge >= 0.3 is 0 Å². The Morgan fingerprint density at radius 2 is 2.16 bits per heavy atom. The molecule has 1 aliphatic rings. The van der Waals surface area contributed by atoms with Crippen molar-refractivity contribution in [2.75, 3.05) is 5.32 Å². The van der Waals surface area contributed by atoms with Gasteiger partial charge in [0.1, 0.15) is 11.9 Å². The van der Waals surface area contributed by atoms with Crippen molar-refractivity contribution < 1.29 is 0 Å². The van der Waals surface area contributed by atoms with Crippen LogP contribution in [0.15, 0.2) is 30.3 Å². The minimum absolute atomic E-state index is 0.384. The summed E-state index contributed by atoms with van der Waals surface area (Å²) in [5.41, 5.74) is 1.56. The Bertz CT molecular complexity index is 638. The average molecular weight is 251 g/mol. The predicted molar refractivity (Wildman–Crippen MR) is 76.9 cm³/mol. The molecule has 1 fully saturated rings. The standard InChI is InChI=1S/C16H17N3/c1-11(12-6-4-7-12)18-16-14(10-17)9-13-5-2-3-8-15(13)19-16/h2-3,5,8-9,11-12H,4,6-7H2,1H3,(H,18,19). The first kappa shape index (κ1) is 12.0. The smallest absolute Gasteiger partial charge is 0.144 e. The van der Waals surface area contributed by atoms with Crippen LogP contribution in [0.1, 0.15) is 31.7 Å². The Labute approximate surface area is 113 Å². The third-order valence-corrected chi connectivity index (χ3v) is 4.07. The van der Waals surface area contributed by atoms with Gasteiger partial charge in [0.25, 0.3) is 0 Å². The van der Waals surface area contributed by atoms with Gasteiger partial charge in [-0.05, 0) is 37.8 Å². The molecule has 0 radical (unpaired) electrons. The van der Waals surface area contributed by atoms with Gasteiger partial charge in [0.2, 0.25) is 0 Å². The third kappa shape index (κ3) is 2.26. The number of hydrogen-bond donors (Lipinski definition) is 1. The SMILES string of the molecule is CC(Nc1nc2ccccc2cc1C#N)C1CCC1. The van der Waals surface area contributed by atoms with E-state index in [2.05, 4.69) is 23.3 Å². The van der Waals surface area contributed by atoms with Crippen molar-refractivity contribution in [3.05, 3.63) is 35.9 Å². The third-order valence-electron chi connectivity index (χ3n) is 4.07. The Morgan fingerprint density at radius 3 is 2.84 bits per heavy atom. The molecule has 3 nitrogen and oxygen atoms in total. The average Bonchev–Trinajstić information content (AvgIpc) is 2.35. The van der Waals surface area contributed by atoms with E-state index in [0.29, 0.717) is 11.6 Å². The van der Waals surface area contributed by atoms with Crippen molar-refractivity contribution in [2.24, 2.45) is 5.92 Å². The van der Waals surface area contributed by atoms with E-state index in [1.54, 1.807) is 0 Å². The summed E-state index contributed by atoms with van der Waals surface area (Å²) in [6.07, 6.45) is 3.89. The van der Waals surface area contributed by atoms with Crippen LogP contribution in [0, 0.1) is 17.2 Å². The molecule has 96 valence electrons. The number of benzene rings is 1. The number of aromatic nitrogens is 1. The highest BCUT2D eigenvalue weighted by Gasteiger charge is 2.24. The Balaban J connectivity index is 1.94. The summed E-state index contributed by atoms with van der Waals surface area (Å²) in [4.78, 5) is 4.59. The lowest BCUT2D eigenvalue weighted by Gasteiger charge is -2.32. The zero-order valence-electron chi connectivity index (χ0n) is 11.1. The molecule has 2 aromatic rings. The molecule has 0 spiro atoms. The quantitative estimate of drug-likeness (QED) is 0.904. The van der Waals surface area contributed by atoms with Gasteiger partial charge in [-0.25, -0.2) is 4.98 Å². The van der Waals surface area contributed by atoms with Crippen LogP contribution >= 0.6 is 0 Å². The first-order chi connectivity index (χ1) is 9.28. The molecular formula is C16H17N3. The van der Waals surface area contributed by atoms with Gasteiger partial charge in [0, 0.05) is 11.4 Å². The maximum Gasteiger partial charge on any atom is 0.144 e. The summed E-state index contributed by atoms with van der Waals surface area (Å²) in [7, 11) is 0. The summed E-state index contributed by atoms with van der Waals surface area (Å²) >= 11 is 0. The summed E-state index contributed by atoms with van der Waals surface area (Å²) in [6.45, 7) is 2.18. The number of nitriles is 1. The van der Waals surface area contributed by atoms with E-state index in [1.807, 2.05) is 30.3 Å². The van der Waals surface area contributed by atoms with Crippen molar-refractivity contribution in [2.45, 2.75) is 32.2 Å². The molecule has 1 saturated carbocycles. The fourth-order valence-corrected chi connectivity index (χ4v) is 2.58. The number of fused-ring (bicyclic) bond motifs is 1. The van der Waals surface area contributed by atoms with Crippen LogP contribution in [0.2, 0.25) is 0 Å². The lowest BCUT2D eigenvalue weighted by atomic mass is 9.80. The van der Waals surface area contributed by atoms with Crippen LogP contribution in [0.25, 0.3) is 10.9 Å². The summed E-state index contributed by atoms with van der Waals surface area (Å²) < 4.78 is 0.